The summed E-state index contributed by atoms with van der Waals surface area (Å²) in [6, 6.07) is 2.07. The van der Waals surface area contributed by atoms with Crippen molar-refractivity contribution in [1.29, 1.82) is 0 Å². The minimum Gasteiger partial charge on any atom is -0.444 e. The van der Waals surface area contributed by atoms with Crippen LogP contribution in [-0.2, 0) is 4.74 Å². The fourth-order valence-electron chi connectivity index (χ4n) is 2.21. The summed E-state index contributed by atoms with van der Waals surface area (Å²) in [5.74, 6) is -1.21. The van der Waals surface area contributed by atoms with E-state index in [9.17, 15) is 13.6 Å². The van der Waals surface area contributed by atoms with E-state index in [1.54, 1.807) is 26.8 Å². The van der Waals surface area contributed by atoms with Gasteiger partial charge in [0.05, 0.1) is 5.69 Å². The van der Waals surface area contributed by atoms with Gasteiger partial charge in [0.25, 0.3) is 0 Å². The number of halogens is 2. The minimum absolute atomic E-state index is 0.190. The van der Waals surface area contributed by atoms with Gasteiger partial charge in [-0.25, -0.2) is 13.6 Å². The zero-order chi connectivity index (χ0) is 16.5. The second-order valence-electron chi connectivity index (χ2n) is 6.26. The second-order valence-corrected chi connectivity index (χ2v) is 6.26. The Morgan fingerprint density at radius 3 is 2.50 bits per heavy atom. The van der Waals surface area contributed by atoms with E-state index in [1.807, 2.05) is 0 Å². The average Bonchev–Trinajstić information content (AvgIpc) is 2.41. The summed E-state index contributed by atoms with van der Waals surface area (Å²) in [6.45, 7) is 6.08. The van der Waals surface area contributed by atoms with Crippen molar-refractivity contribution >= 4 is 17.4 Å². The number of hydrogen-bond acceptors (Lipinski definition) is 3. The molecule has 0 saturated heterocycles. The molecule has 1 aliphatic rings. The Kier molecular flexibility index (Phi) is 4.39. The van der Waals surface area contributed by atoms with E-state index in [0.717, 1.165) is 12.1 Å². The van der Waals surface area contributed by atoms with Crippen LogP contribution in [0.4, 0.5) is 19.3 Å². The monoisotopic (exact) mass is 310 g/mol. The number of hydrogen-bond donors (Lipinski definition) is 1. The van der Waals surface area contributed by atoms with Gasteiger partial charge in [-0.3, -0.25) is 0 Å². The number of carbonyl (C=O) groups is 1. The van der Waals surface area contributed by atoms with E-state index in [1.165, 1.54) is 4.90 Å². The molecule has 120 valence electrons. The van der Waals surface area contributed by atoms with Gasteiger partial charge in [0.2, 0.25) is 0 Å². The Morgan fingerprint density at radius 2 is 1.95 bits per heavy atom. The standard InChI is InChI=1S/C16H20F2N2O2/c1-16(2,3)22-15(21)20-6-4-10(5-7-20)11-8-13(18)14(19)9-12(11)17/h4,8-9H,5-7,19H2,1-3H3. The number of benzene rings is 1. The highest BCUT2D eigenvalue weighted by Gasteiger charge is 2.24. The Labute approximate surface area is 128 Å². The Bertz CT molecular complexity index is 621. The van der Waals surface area contributed by atoms with Crippen LogP contribution in [0.2, 0.25) is 0 Å². The molecular formula is C16H20F2N2O2. The third kappa shape index (κ3) is 3.75. The molecule has 1 heterocycles. The largest absolute Gasteiger partial charge is 0.444 e. The smallest absolute Gasteiger partial charge is 0.410 e. The van der Waals surface area contributed by atoms with Crippen molar-refractivity contribution in [2.75, 3.05) is 18.8 Å². The quantitative estimate of drug-likeness (QED) is 0.807. The molecule has 1 aromatic carbocycles. The van der Waals surface area contributed by atoms with Crippen molar-refractivity contribution in [2.45, 2.75) is 32.8 Å². The molecule has 1 aromatic rings. The maximum Gasteiger partial charge on any atom is 0.410 e. The van der Waals surface area contributed by atoms with Crippen molar-refractivity contribution in [3.63, 3.8) is 0 Å². The van der Waals surface area contributed by atoms with Crippen LogP contribution < -0.4 is 5.73 Å². The molecule has 6 heteroatoms. The summed E-state index contributed by atoms with van der Waals surface area (Å²) in [7, 11) is 0. The molecule has 0 saturated carbocycles. The summed E-state index contributed by atoms with van der Waals surface area (Å²) >= 11 is 0. The molecule has 0 unspecified atom stereocenters. The number of nitrogen functional groups attached to an aromatic ring is 1. The molecule has 0 fully saturated rings. The molecule has 0 radical (unpaired) electrons. The lowest BCUT2D eigenvalue weighted by Gasteiger charge is -2.29. The maximum atomic E-state index is 13.9. The number of rotatable bonds is 1. The summed E-state index contributed by atoms with van der Waals surface area (Å²) in [5.41, 5.74) is 5.41. The van der Waals surface area contributed by atoms with Crippen LogP contribution in [-0.4, -0.2) is 29.7 Å². The van der Waals surface area contributed by atoms with Gasteiger partial charge >= 0.3 is 6.09 Å². The van der Waals surface area contributed by atoms with Crippen molar-refractivity contribution in [2.24, 2.45) is 0 Å². The highest BCUT2D eigenvalue weighted by molar-refractivity contribution is 5.73. The molecule has 0 aliphatic carbocycles. The average molecular weight is 310 g/mol. The number of ether oxygens (including phenoxy) is 1. The van der Waals surface area contributed by atoms with Gasteiger partial charge in [0.15, 0.2) is 0 Å². The van der Waals surface area contributed by atoms with Gasteiger partial charge in [-0.2, -0.15) is 0 Å². The SMILES string of the molecule is CC(C)(C)OC(=O)N1CC=C(c2cc(F)c(N)cc2F)CC1. The van der Waals surface area contributed by atoms with E-state index in [2.05, 4.69) is 0 Å². The van der Waals surface area contributed by atoms with Crippen molar-refractivity contribution in [3.8, 4) is 0 Å². The van der Waals surface area contributed by atoms with E-state index in [-0.39, 0.29) is 11.3 Å². The van der Waals surface area contributed by atoms with Gasteiger partial charge in [0.1, 0.15) is 17.2 Å². The predicted molar refractivity (Wildman–Crippen MR) is 81.2 cm³/mol. The van der Waals surface area contributed by atoms with Crippen LogP contribution in [0.5, 0.6) is 0 Å². The third-order valence-corrected chi connectivity index (χ3v) is 3.29. The fourth-order valence-corrected chi connectivity index (χ4v) is 2.21. The van der Waals surface area contributed by atoms with E-state index in [4.69, 9.17) is 10.5 Å². The molecule has 0 spiro atoms. The number of carbonyl (C=O) groups excluding carboxylic acids is 1. The van der Waals surface area contributed by atoms with Crippen LogP contribution in [0.15, 0.2) is 18.2 Å². The van der Waals surface area contributed by atoms with Crippen LogP contribution in [0.1, 0.15) is 32.8 Å². The molecule has 0 aromatic heterocycles. The van der Waals surface area contributed by atoms with Crippen molar-refractivity contribution in [1.82, 2.24) is 4.90 Å². The number of nitrogens with zero attached hydrogens (tertiary/aromatic N) is 1. The highest BCUT2D eigenvalue weighted by Crippen LogP contribution is 2.28. The van der Waals surface area contributed by atoms with Gasteiger partial charge < -0.3 is 15.4 Å². The van der Waals surface area contributed by atoms with Crippen LogP contribution in [0.25, 0.3) is 5.57 Å². The lowest BCUT2D eigenvalue weighted by molar-refractivity contribution is 0.0270. The zero-order valence-corrected chi connectivity index (χ0v) is 13.0. The first-order chi connectivity index (χ1) is 10.2. The first-order valence-corrected chi connectivity index (χ1v) is 7.09. The van der Waals surface area contributed by atoms with E-state index < -0.39 is 23.3 Å². The number of anilines is 1. The number of nitrogens with two attached hydrogens (primary N) is 1. The molecule has 1 aliphatic heterocycles. The molecular weight excluding hydrogens is 290 g/mol. The molecule has 4 nitrogen and oxygen atoms in total. The first kappa shape index (κ1) is 16.3. The summed E-state index contributed by atoms with van der Waals surface area (Å²) in [4.78, 5) is 13.5. The van der Waals surface area contributed by atoms with Crippen molar-refractivity contribution in [3.05, 3.63) is 35.4 Å². The lowest BCUT2D eigenvalue weighted by atomic mass is 9.98. The van der Waals surface area contributed by atoms with Crippen LogP contribution in [0.3, 0.4) is 0 Å². The fraction of sp³-hybridized carbons (Fsp3) is 0.438. The van der Waals surface area contributed by atoms with Gasteiger partial charge in [0, 0.05) is 24.7 Å². The molecule has 2 rings (SSSR count). The second kappa shape index (κ2) is 5.94. The lowest BCUT2D eigenvalue weighted by Crippen LogP contribution is -2.39. The Morgan fingerprint density at radius 1 is 1.27 bits per heavy atom. The molecule has 0 atom stereocenters. The van der Waals surface area contributed by atoms with E-state index >= 15 is 0 Å². The minimum atomic E-state index is -0.646. The van der Waals surface area contributed by atoms with E-state index in [0.29, 0.717) is 25.1 Å². The first-order valence-electron chi connectivity index (χ1n) is 7.09. The molecule has 22 heavy (non-hydrogen) atoms. The van der Waals surface area contributed by atoms with Gasteiger partial charge in [-0.1, -0.05) is 6.08 Å². The summed E-state index contributed by atoms with van der Waals surface area (Å²) in [5, 5.41) is 0. The Balaban J connectivity index is 2.12. The molecule has 1 amide bonds. The van der Waals surface area contributed by atoms with Crippen LogP contribution >= 0.6 is 0 Å². The summed E-state index contributed by atoms with van der Waals surface area (Å²) in [6.07, 6.45) is 1.73. The predicted octanol–water partition coefficient (Wildman–Crippen LogP) is 3.57. The summed E-state index contributed by atoms with van der Waals surface area (Å²) < 4.78 is 32.7. The topological polar surface area (TPSA) is 55.6 Å². The van der Waals surface area contributed by atoms with Gasteiger partial charge in [-0.05, 0) is 38.8 Å². The third-order valence-electron chi connectivity index (χ3n) is 3.29. The van der Waals surface area contributed by atoms with Gasteiger partial charge in [-0.15, -0.1) is 0 Å². The highest BCUT2D eigenvalue weighted by atomic mass is 19.1. The number of amides is 1. The molecule has 2 N–H and O–H groups in total. The molecule has 0 bridgehead atoms. The normalized spacial score (nSPS) is 15.5. The van der Waals surface area contributed by atoms with Crippen molar-refractivity contribution < 1.29 is 18.3 Å². The maximum absolute atomic E-state index is 13.9. The zero-order valence-electron chi connectivity index (χ0n) is 13.0. The van der Waals surface area contributed by atoms with Crippen LogP contribution in [0, 0.1) is 11.6 Å². The Hall–Kier alpha value is -2.11.